The molecule has 27 heavy (non-hydrogen) atoms. The van der Waals surface area contributed by atoms with Gasteiger partial charge in [-0.05, 0) is 55.8 Å². The van der Waals surface area contributed by atoms with Gasteiger partial charge >= 0.3 is 0 Å². The van der Waals surface area contributed by atoms with Gasteiger partial charge in [0.15, 0.2) is 0 Å². The molecular weight excluding hydrogens is 336 g/mol. The molecule has 4 nitrogen and oxygen atoms in total. The Morgan fingerprint density at radius 2 is 1.81 bits per heavy atom. The van der Waals surface area contributed by atoms with E-state index >= 15 is 0 Å². The molecule has 1 saturated heterocycles. The third-order valence-electron chi connectivity index (χ3n) is 5.53. The number of nitrogens with zero attached hydrogens (tertiary/aromatic N) is 1. The predicted molar refractivity (Wildman–Crippen MR) is 108 cm³/mol. The Hall–Kier alpha value is -2.43. The first-order valence-corrected chi connectivity index (χ1v) is 9.57. The summed E-state index contributed by atoms with van der Waals surface area (Å²) >= 11 is 0. The topological polar surface area (TPSA) is 43.4 Å². The van der Waals surface area contributed by atoms with Crippen molar-refractivity contribution in [2.45, 2.75) is 24.9 Å². The number of pyridine rings is 1. The van der Waals surface area contributed by atoms with Crippen LogP contribution in [0.4, 0.5) is 0 Å². The van der Waals surface area contributed by atoms with Crippen molar-refractivity contribution in [1.82, 2.24) is 10.3 Å². The largest absolute Gasteiger partial charge is 0.497 e. The van der Waals surface area contributed by atoms with Crippen LogP contribution in [0.15, 0.2) is 60.7 Å². The normalized spacial score (nSPS) is 16.3. The number of aromatic nitrogens is 1. The van der Waals surface area contributed by atoms with Crippen molar-refractivity contribution in [3.05, 3.63) is 71.9 Å². The van der Waals surface area contributed by atoms with Gasteiger partial charge in [0, 0.05) is 10.8 Å². The molecule has 3 aromatic rings. The lowest BCUT2D eigenvalue weighted by molar-refractivity contribution is 0.0550. The summed E-state index contributed by atoms with van der Waals surface area (Å²) in [6, 6.07) is 20.9. The molecule has 0 saturated carbocycles. The first-order valence-electron chi connectivity index (χ1n) is 9.57. The fraction of sp³-hybridized carbons (Fsp3) is 0.348. The van der Waals surface area contributed by atoms with Gasteiger partial charge in [-0.1, -0.05) is 36.4 Å². The molecule has 4 heteroatoms. The van der Waals surface area contributed by atoms with Crippen LogP contribution in [-0.2, 0) is 16.8 Å². The maximum atomic E-state index is 6.20. The third-order valence-corrected chi connectivity index (χ3v) is 5.53. The van der Waals surface area contributed by atoms with Gasteiger partial charge in [-0.15, -0.1) is 0 Å². The summed E-state index contributed by atoms with van der Waals surface area (Å²) in [5, 5.41) is 4.55. The number of benzene rings is 2. The average molecular weight is 362 g/mol. The SMILES string of the molecule is COc1ccc2nc(COCC3(c4ccccc4)CCNCC3)ccc2c1. The molecule has 1 aliphatic heterocycles. The summed E-state index contributed by atoms with van der Waals surface area (Å²) in [4.78, 5) is 4.74. The van der Waals surface area contributed by atoms with E-state index in [1.54, 1.807) is 7.11 Å². The Bertz CT molecular complexity index is 889. The number of methoxy groups -OCH3 is 1. The van der Waals surface area contributed by atoms with Crippen molar-refractivity contribution in [3.63, 3.8) is 0 Å². The van der Waals surface area contributed by atoms with Crippen molar-refractivity contribution in [1.29, 1.82) is 0 Å². The first-order chi connectivity index (χ1) is 13.3. The Balaban J connectivity index is 1.46. The van der Waals surface area contributed by atoms with Crippen LogP contribution >= 0.6 is 0 Å². The van der Waals surface area contributed by atoms with Crippen LogP contribution in [-0.4, -0.2) is 31.8 Å². The van der Waals surface area contributed by atoms with Crippen LogP contribution in [0.1, 0.15) is 24.1 Å². The summed E-state index contributed by atoms with van der Waals surface area (Å²) in [6.45, 7) is 3.33. The maximum Gasteiger partial charge on any atom is 0.119 e. The maximum absolute atomic E-state index is 6.20. The lowest BCUT2D eigenvalue weighted by atomic mass is 9.74. The molecule has 1 aliphatic rings. The number of hydrogen-bond donors (Lipinski definition) is 1. The van der Waals surface area contributed by atoms with E-state index in [1.165, 1.54) is 5.56 Å². The second-order valence-electron chi connectivity index (χ2n) is 7.25. The molecule has 140 valence electrons. The van der Waals surface area contributed by atoms with Gasteiger partial charge in [0.25, 0.3) is 0 Å². The molecule has 0 amide bonds. The van der Waals surface area contributed by atoms with Gasteiger partial charge in [-0.3, -0.25) is 4.98 Å². The highest BCUT2D eigenvalue weighted by Gasteiger charge is 2.34. The summed E-state index contributed by atoms with van der Waals surface area (Å²) < 4.78 is 11.5. The second-order valence-corrected chi connectivity index (χ2v) is 7.25. The van der Waals surface area contributed by atoms with Crippen LogP contribution in [0.2, 0.25) is 0 Å². The van der Waals surface area contributed by atoms with E-state index in [0.29, 0.717) is 6.61 Å². The summed E-state index contributed by atoms with van der Waals surface area (Å²) in [5.41, 5.74) is 3.41. The van der Waals surface area contributed by atoms with Crippen molar-refractivity contribution in [2.75, 3.05) is 26.8 Å². The van der Waals surface area contributed by atoms with Crippen LogP contribution in [0, 0.1) is 0 Å². The highest BCUT2D eigenvalue weighted by molar-refractivity contribution is 5.80. The van der Waals surface area contributed by atoms with Crippen LogP contribution in [0.5, 0.6) is 5.75 Å². The highest BCUT2D eigenvalue weighted by atomic mass is 16.5. The van der Waals surface area contributed by atoms with Gasteiger partial charge in [0.05, 0.1) is 31.5 Å². The first kappa shape index (κ1) is 18.0. The molecule has 0 radical (unpaired) electrons. The Morgan fingerprint density at radius 1 is 1.00 bits per heavy atom. The molecule has 1 fully saturated rings. The molecule has 1 N–H and O–H groups in total. The molecule has 0 spiro atoms. The molecule has 1 aromatic heterocycles. The van der Waals surface area contributed by atoms with Crippen molar-refractivity contribution < 1.29 is 9.47 Å². The minimum absolute atomic E-state index is 0.0940. The van der Waals surface area contributed by atoms with Gasteiger partial charge in [0.2, 0.25) is 0 Å². The molecule has 2 heterocycles. The number of piperidine rings is 1. The van der Waals surface area contributed by atoms with E-state index < -0.39 is 0 Å². The molecular formula is C23H26N2O2. The van der Waals surface area contributed by atoms with E-state index in [0.717, 1.165) is 54.9 Å². The number of hydrogen-bond acceptors (Lipinski definition) is 4. The fourth-order valence-corrected chi connectivity index (χ4v) is 3.92. The fourth-order valence-electron chi connectivity index (χ4n) is 3.92. The monoisotopic (exact) mass is 362 g/mol. The minimum atomic E-state index is 0.0940. The molecule has 0 atom stereocenters. The van der Waals surface area contributed by atoms with E-state index in [9.17, 15) is 0 Å². The smallest absolute Gasteiger partial charge is 0.119 e. The summed E-state index contributed by atoms with van der Waals surface area (Å²) in [7, 11) is 1.68. The highest BCUT2D eigenvalue weighted by Crippen LogP contribution is 2.34. The standard InChI is InChI=1S/C23H26N2O2/c1-26-21-9-10-22-18(15-21)7-8-20(25-22)16-27-17-23(11-13-24-14-12-23)19-5-3-2-4-6-19/h2-10,15,24H,11-14,16-17H2,1H3. The quantitative estimate of drug-likeness (QED) is 0.717. The lowest BCUT2D eigenvalue weighted by Gasteiger charge is -2.38. The van der Waals surface area contributed by atoms with E-state index in [2.05, 4.69) is 41.7 Å². The zero-order valence-corrected chi connectivity index (χ0v) is 15.8. The van der Waals surface area contributed by atoms with Crippen LogP contribution in [0.25, 0.3) is 10.9 Å². The predicted octanol–water partition coefficient (Wildman–Crippen LogP) is 4.08. The average Bonchev–Trinajstić information content (AvgIpc) is 2.74. The summed E-state index contributed by atoms with van der Waals surface area (Å²) in [5.74, 6) is 0.851. The molecule has 4 rings (SSSR count). The van der Waals surface area contributed by atoms with Crippen molar-refractivity contribution >= 4 is 10.9 Å². The lowest BCUT2D eigenvalue weighted by Crippen LogP contribution is -2.43. The van der Waals surface area contributed by atoms with E-state index in [1.807, 2.05) is 24.3 Å². The molecule has 2 aromatic carbocycles. The third kappa shape index (κ3) is 3.97. The van der Waals surface area contributed by atoms with E-state index in [4.69, 9.17) is 14.5 Å². The molecule has 0 bridgehead atoms. The van der Waals surface area contributed by atoms with Gasteiger partial charge in [-0.25, -0.2) is 0 Å². The van der Waals surface area contributed by atoms with Crippen LogP contribution in [0.3, 0.4) is 0 Å². The summed E-state index contributed by atoms with van der Waals surface area (Å²) in [6.07, 6.45) is 2.20. The van der Waals surface area contributed by atoms with Gasteiger partial charge < -0.3 is 14.8 Å². The molecule has 0 unspecified atom stereocenters. The van der Waals surface area contributed by atoms with Crippen molar-refractivity contribution in [2.24, 2.45) is 0 Å². The van der Waals surface area contributed by atoms with Gasteiger partial charge in [0.1, 0.15) is 5.75 Å². The number of ether oxygens (including phenoxy) is 2. The van der Waals surface area contributed by atoms with Gasteiger partial charge in [-0.2, -0.15) is 0 Å². The van der Waals surface area contributed by atoms with Crippen LogP contribution < -0.4 is 10.1 Å². The zero-order chi connectivity index (χ0) is 18.5. The Labute approximate surface area is 160 Å². The second kappa shape index (κ2) is 8.07. The van der Waals surface area contributed by atoms with E-state index in [-0.39, 0.29) is 5.41 Å². The minimum Gasteiger partial charge on any atom is -0.497 e. The number of rotatable bonds is 6. The molecule has 0 aliphatic carbocycles. The Kier molecular flexibility index (Phi) is 5.37. The zero-order valence-electron chi connectivity index (χ0n) is 15.8. The number of fused-ring (bicyclic) bond motifs is 1. The number of nitrogens with one attached hydrogen (secondary N) is 1. The van der Waals surface area contributed by atoms with Crippen molar-refractivity contribution in [3.8, 4) is 5.75 Å². The Morgan fingerprint density at radius 3 is 2.59 bits per heavy atom.